The third-order valence-corrected chi connectivity index (χ3v) is 3.96. The third-order valence-electron chi connectivity index (χ3n) is 3.96. The zero-order chi connectivity index (χ0) is 17.4. The van der Waals surface area contributed by atoms with Crippen molar-refractivity contribution in [3.8, 4) is 0 Å². The largest absolute Gasteiger partial charge is 0.445 e. The molecule has 0 aromatic heterocycles. The van der Waals surface area contributed by atoms with E-state index in [9.17, 15) is 9.59 Å². The first-order valence-electron chi connectivity index (χ1n) is 7.96. The minimum Gasteiger partial charge on any atom is -0.445 e. The second kappa shape index (κ2) is 9.24. The predicted octanol–water partition coefficient (Wildman–Crippen LogP) is 1.52. The van der Waals surface area contributed by atoms with E-state index in [1.807, 2.05) is 30.3 Å². The number of methoxy groups -OCH3 is 2. The van der Waals surface area contributed by atoms with Gasteiger partial charge in [0, 0.05) is 20.8 Å². The fourth-order valence-electron chi connectivity index (χ4n) is 2.62. The smallest absolute Gasteiger partial charge is 0.410 e. The van der Waals surface area contributed by atoms with Crippen LogP contribution in [0, 0.1) is 0 Å². The topological polar surface area (TPSA) is 77.1 Å². The highest BCUT2D eigenvalue weighted by Gasteiger charge is 2.35. The van der Waals surface area contributed by atoms with Crippen LogP contribution in [0.1, 0.15) is 18.4 Å². The van der Waals surface area contributed by atoms with Gasteiger partial charge in [-0.2, -0.15) is 0 Å². The molecule has 1 aromatic carbocycles. The molecule has 1 aliphatic heterocycles. The Morgan fingerprint density at radius 2 is 1.96 bits per heavy atom. The van der Waals surface area contributed by atoms with Gasteiger partial charge in [0.25, 0.3) is 0 Å². The number of rotatable bonds is 7. The van der Waals surface area contributed by atoms with Gasteiger partial charge >= 0.3 is 6.09 Å². The maximum atomic E-state index is 12.3. The molecule has 7 nitrogen and oxygen atoms in total. The molecule has 7 heteroatoms. The molecule has 0 bridgehead atoms. The number of ether oxygens (including phenoxy) is 3. The van der Waals surface area contributed by atoms with Gasteiger partial charge in [0.1, 0.15) is 12.6 Å². The van der Waals surface area contributed by atoms with Gasteiger partial charge in [-0.15, -0.1) is 0 Å². The van der Waals surface area contributed by atoms with E-state index >= 15 is 0 Å². The summed E-state index contributed by atoms with van der Waals surface area (Å²) in [5.74, 6) is -0.219. The quantitative estimate of drug-likeness (QED) is 0.764. The van der Waals surface area contributed by atoms with Gasteiger partial charge in [0.05, 0.1) is 6.54 Å². The first-order valence-corrected chi connectivity index (χ1v) is 7.96. The minimum atomic E-state index is -0.511. The van der Waals surface area contributed by atoms with Crippen molar-refractivity contribution in [3.05, 3.63) is 35.9 Å². The maximum absolute atomic E-state index is 12.3. The van der Waals surface area contributed by atoms with Crippen LogP contribution in [-0.4, -0.2) is 56.5 Å². The molecule has 0 spiro atoms. The predicted molar refractivity (Wildman–Crippen MR) is 87.2 cm³/mol. The van der Waals surface area contributed by atoms with Gasteiger partial charge < -0.3 is 19.5 Å². The molecule has 1 heterocycles. The molecule has 132 valence electrons. The van der Waals surface area contributed by atoms with E-state index in [-0.39, 0.29) is 19.1 Å². The molecule has 1 aliphatic rings. The second-order valence-electron chi connectivity index (χ2n) is 5.54. The molecular weight excluding hydrogens is 312 g/mol. The Labute approximate surface area is 141 Å². The second-order valence-corrected chi connectivity index (χ2v) is 5.54. The van der Waals surface area contributed by atoms with Gasteiger partial charge in [-0.3, -0.25) is 9.69 Å². The summed E-state index contributed by atoms with van der Waals surface area (Å²) in [6.07, 6.45) is 0.424. The Morgan fingerprint density at radius 1 is 1.25 bits per heavy atom. The Bertz CT molecular complexity index is 533. The SMILES string of the molecule is COC(CNC(=O)[C@@H]1CCCN1C(=O)OCc1ccccc1)OC. The fourth-order valence-corrected chi connectivity index (χ4v) is 2.62. The van der Waals surface area contributed by atoms with Gasteiger partial charge in [-0.1, -0.05) is 30.3 Å². The summed E-state index contributed by atoms with van der Waals surface area (Å²) in [6, 6.07) is 8.94. The van der Waals surface area contributed by atoms with Crippen molar-refractivity contribution in [2.45, 2.75) is 31.8 Å². The first-order chi connectivity index (χ1) is 11.7. The number of amides is 2. The number of nitrogens with zero attached hydrogens (tertiary/aromatic N) is 1. The molecule has 1 atom stereocenters. The van der Waals surface area contributed by atoms with E-state index < -0.39 is 18.4 Å². The van der Waals surface area contributed by atoms with Crippen LogP contribution in [-0.2, 0) is 25.6 Å². The average Bonchev–Trinajstić information content (AvgIpc) is 3.11. The Balaban J connectivity index is 1.84. The zero-order valence-electron chi connectivity index (χ0n) is 14.1. The van der Waals surface area contributed by atoms with E-state index in [2.05, 4.69) is 5.32 Å². The van der Waals surface area contributed by atoms with Crippen molar-refractivity contribution < 1.29 is 23.8 Å². The van der Waals surface area contributed by atoms with Crippen LogP contribution in [0.4, 0.5) is 4.79 Å². The van der Waals surface area contributed by atoms with Crippen molar-refractivity contribution in [2.75, 3.05) is 27.3 Å². The standard InChI is InChI=1S/C17H24N2O5/c1-22-15(23-2)11-18-16(20)14-9-6-10-19(14)17(21)24-12-13-7-4-3-5-8-13/h3-5,7-8,14-15H,6,9-12H2,1-2H3,(H,18,20)/t14-/m0/s1. The van der Waals surface area contributed by atoms with E-state index in [0.29, 0.717) is 13.0 Å². The van der Waals surface area contributed by atoms with Crippen molar-refractivity contribution in [1.82, 2.24) is 10.2 Å². The molecule has 0 radical (unpaired) electrons. The van der Waals surface area contributed by atoms with Crippen molar-refractivity contribution >= 4 is 12.0 Å². The summed E-state index contributed by atoms with van der Waals surface area (Å²) >= 11 is 0. The molecular formula is C17H24N2O5. The van der Waals surface area contributed by atoms with Crippen LogP contribution < -0.4 is 5.32 Å². The third kappa shape index (κ3) is 4.94. The lowest BCUT2D eigenvalue weighted by atomic mass is 10.2. The summed E-state index contributed by atoms with van der Waals surface area (Å²) in [5, 5.41) is 2.75. The number of carbonyl (C=O) groups excluding carboxylic acids is 2. The van der Waals surface area contributed by atoms with E-state index in [4.69, 9.17) is 14.2 Å². The van der Waals surface area contributed by atoms with Crippen LogP contribution >= 0.6 is 0 Å². The molecule has 1 saturated heterocycles. The Morgan fingerprint density at radius 3 is 2.62 bits per heavy atom. The number of hydrogen-bond donors (Lipinski definition) is 1. The summed E-state index contributed by atoms with van der Waals surface area (Å²) < 4.78 is 15.4. The van der Waals surface area contributed by atoms with E-state index in [1.165, 1.54) is 19.1 Å². The number of likely N-dealkylation sites (tertiary alicyclic amines) is 1. The highest BCUT2D eigenvalue weighted by Crippen LogP contribution is 2.19. The normalized spacial score (nSPS) is 17.1. The summed E-state index contributed by atoms with van der Waals surface area (Å²) in [6.45, 7) is 0.943. The molecule has 0 saturated carbocycles. The lowest BCUT2D eigenvalue weighted by Crippen LogP contribution is -2.48. The lowest BCUT2D eigenvalue weighted by molar-refractivity contribution is -0.131. The Kier molecular flexibility index (Phi) is 7.02. The van der Waals surface area contributed by atoms with Crippen molar-refractivity contribution in [3.63, 3.8) is 0 Å². The van der Waals surface area contributed by atoms with Crippen molar-refractivity contribution in [2.24, 2.45) is 0 Å². The number of carbonyl (C=O) groups is 2. The summed E-state index contributed by atoms with van der Waals surface area (Å²) in [5.41, 5.74) is 0.911. The lowest BCUT2D eigenvalue weighted by Gasteiger charge is -2.24. The fraction of sp³-hybridized carbons (Fsp3) is 0.529. The molecule has 1 aromatic rings. The van der Waals surface area contributed by atoms with Crippen LogP contribution in [0.5, 0.6) is 0 Å². The number of hydrogen-bond acceptors (Lipinski definition) is 5. The van der Waals surface area contributed by atoms with Gasteiger partial charge in [-0.25, -0.2) is 4.79 Å². The van der Waals surface area contributed by atoms with Crippen molar-refractivity contribution in [1.29, 1.82) is 0 Å². The van der Waals surface area contributed by atoms with Gasteiger partial charge in [-0.05, 0) is 18.4 Å². The maximum Gasteiger partial charge on any atom is 0.410 e. The minimum absolute atomic E-state index is 0.194. The Hall–Kier alpha value is -2.12. The van der Waals surface area contributed by atoms with Gasteiger partial charge in [0.2, 0.25) is 5.91 Å². The molecule has 1 N–H and O–H groups in total. The molecule has 2 rings (SSSR count). The van der Waals surface area contributed by atoms with Crippen LogP contribution in [0.15, 0.2) is 30.3 Å². The molecule has 0 unspecified atom stereocenters. The molecule has 24 heavy (non-hydrogen) atoms. The molecule has 1 fully saturated rings. The van der Waals surface area contributed by atoms with Crippen LogP contribution in [0.2, 0.25) is 0 Å². The highest BCUT2D eigenvalue weighted by atomic mass is 16.7. The average molecular weight is 336 g/mol. The van der Waals surface area contributed by atoms with Crippen LogP contribution in [0.25, 0.3) is 0 Å². The molecule has 2 amide bonds. The number of nitrogens with one attached hydrogen (secondary N) is 1. The van der Waals surface area contributed by atoms with E-state index in [0.717, 1.165) is 12.0 Å². The van der Waals surface area contributed by atoms with Gasteiger partial charge in [0.15, 0.2) is 6.29 Å². The first kappa shape index (κ1) is 18.2. The number of benzene rings is 1. The molecule has 0 aliphatic carbocycles. The highest BCUT2D eigenvalue weighted by molar-refractivity contribution is 5.86. The monoisotopic (exact) mass is 336 g/mol. The van der Waals surface area contributed by atoms with E-state index in [1.54, 1.807) is 0 Å². The van der Waals surface area contributed by atoms with Crippen LogP contribution in [0.3, 0.4) is 0 Å². The summed E-state index contributed by atoms with van der Waals surface area (Å²) in [4.78, 5) is 26.0. The summed E-state index contributed by atoms with van der Waals surface area (Å²) in [7, 11) is 3.01. The zero-order valence-corrected chi connectivity index (χ0v) is 14.1.